The van der Waals surface area contributed by atoms with Crippen LogP contribution in [0, 0.1) is 5.92 Å². The van der Waals surface area contributed by atoms with E-state index in [1.54, 1.807) is 6.92 Å². The van der Waals surface area contributed by atoms with Gasteiger partial charge in [0.1, 0.15) is 5.75 Å². The number of carbonyl (C=O) groups is 1. The average Bonchev–Trinajstić information content (AvgIpc) is 2.46. The second-order valence-electron chi connectivity index (χ2n) is 5.55. The molecule has 2 rings (SSSR count). The molecule has 1 unspecified atom stereocenters. The largest absolute Gasteiger partial charge is 0.507 e. The number of rotatable bonds is 4. The summed E-state index contributed by atoms with van der Waals surface area (Å²) in [6.45, 7) is 5.62. The summed E-state index contributed by atoms with van der Waals surface area (Å²) in [6.07, 6.45) is -4.54. The van der Waals surface area contributed by atoms with E-state index >= 15 is 0 Å². The summed E-state index contributed by atoms with van der Waals surface area (Å²) < 4.78 is 37.7. The van der Waals surface area contributed by atoms with Crippen LogP contribution in [-0.2, 0) is 6.18 Å². The first kappa shape index (κ1) is 16.8. The summed E-state index contributed by atoms with van der Waals surface area (Å²) in [5.41, 5.74) is -1.02. The first-order valence-corrected chi connectivity index (χ1v) is 7.16. The molecule has 1 aromatic carbocycles. The summed E-state index contributed by atoms with van der Waals surface area (Å²) in [5.74, 6) is -1.35. The van der Waals surface area contributed by atoms with Crippen LogP contribution in [0.15, 0.2) is 18.2 Å². The molecule has 0 aromatic heterocycles. The number of hydrogen-bond donors (Lipinski definition) is 2. The van der Waals surface area contributed by atoms with Gasteiger partial charge in [-0.15, -0.1) is 0 Å². The highest BCUT2D eigenvalue weighted by Gasteiger charge is 2.32. The summed E-state index contributed by atoms with van der Waals surface area (Å²) in [7, 11) is 0. The van der Waals surface area contributed by atoms with Crippen molar-refractivity contribution in [2.75, 3.05) is 32.7 Å². The number of hydrogen-bond acceptors (Lipinski definition) is 4. The van der Waals surface area contributed by atoms with Gasteiger partial charge in [0.25, 0.3) is 0 Å². The lowest BCUT2D eigenvalue weighted by Crippen LogP contribution is -2.45. The molecule has 1 fully saturated rings. The lowest BCUT2D eigenvalue weighted by atomic mass is 9.96. The number of carbonyl (C=O) groups excluding carboxylic acids is 1. The smallest absolute Gasteiger partial charge is 0.416 e. The zero-order chi connectivity index (χ0) is 16.3. The number of nitrogens with one attached hydrogen (secondary N) is 1. The molecule has 1 saturated heterocycles. The molecule has 1 heterocycles. The Hall–Kier alpha value is -1.60. The van der Waals surface area contributed by atoms with Gasteiger partial charge >= 0.3 is 6.18 Å². The van der Waals surface area contributed by atoms with Gasteiger partial charge in [-0.2, -0.15) is 13.2 Å². The molecular weight excluding hydrogens is 297 g/mol. The number of phenols is 1. The predicted molar refractivity (Wildman–Crippen MR) is 75.9 cm³/mol. The molecule has 4 nitrogen and oxygen atoms in total. The molecule has 1 aliphatic heterocycles. The SMILES string of the molecule is CC(CN1CCNCC1)C(=O)c1ccc(C(F)(F)F)cc1O. The summed E-state index contributed by atoms with van der Waals surface area (Å²) >= 11 is 0. The van der Waals surface area contributed by atoms with E-state index in [0.717, 1.165) is 38.3 Å². The number of benzene rings is 1. The number of Topliss-reactive ketones (excluding diaryl/α,β-unsaturated/α-hetero) is 1. The molecule has 2 N–H and O–H groups in total. The maximum atomic E-state index is 12.6. The summed E-state index contributed by atoms with van der Waals surface area (Å²) in [5, 5.41) is 12.9. The van der Waals surface area contributed by atoms with Crippen LogP contribution in [0.1, 0.15) is 22.8 Å². The Balaban J connectivity index is 2.08. The summed E-state index contributed by atoms with van der Waals surface area (Å²) in [6, 6.07) is 2.48. The fraction of sp³-hybridized carbons (Fsp3) is 0.533. The van der Waals surface area contributed by atoms with Crippen molar-refractivity contribution in [3.63, 3.8) is 0 Å². The Kier molecular flexibility index (Phi) is 5.08. The third kappa shape index (κ3) is 3.98. The zero-order valence-corrected chi connectivity index (χ0v) is 12.3. The quantitative estimate of drug-likeness (QED) is 0.836. The molecule has 0 radical (unpaired) electrons. The molecule has 7 heteroatoms. The molecule has 122 valence electrons. The van der Waals surface area contributed by atoms with Crippen molar-refractivity contribution in [2.45, 2.75) is 13.1 Å². The van der Waals surface area contributed by atoms with Crippen molar-refractivity contribution in [3.8, 4) is 5.75 Å². The Bertz CT molecular complexity index is 540. The number of phenolic OH excluding ortho intramolecular Hbond substituents is 1. The first-order valence-electron chi connectivity index (χ1n) is 7.16. The molecule has 0 amide bonds. The highest BCUT2D eigenvalue weighted by atomic mass is 19.4. The van der Waals surface area contributed by atoms with Crippen molar-refractivity contribution >= 4 is 5.78 Å². The number of aromatic hydroxyl groups is 1. The van der Waals surface area contributed by atoms with Crippen LogP contribution in [0.3, 0.4) is 0 Å². The maximum absolute atomic E-state index is 12.6. The average molecular weight is 316 g/mol. The van der Waals surface area contributed by atoms with Gasteiger partial charge < -0.3 is 15.3 Å². The van der Waals surface area contributed by atoms with Gasteiger partial charge in [0.2, 0.25) is 0 Å². The highest BCUT2D eigenvalue weighted by Crippen LogP contribution is 2.33. The Morgan fingerprint density at radius 1 is 1.36 bits per heavy atom. The first-order chi connectivity index (χ1) is 10.3. The minimum Gasteiger partial charge on any atom is -0.507 e. The molecule has 0 aliphatic carbocycles. The second kappa shape index (κ2) is 6.66. The van der Waals surface area contributed by atoms with Crippen LogP contribution < -0.4 is 5.32 Å². The predicted octanol–water partition coefficient (Wildman–Crippen LogP) is 2.14. The van der Waals surface area contributed by atoms with Crippen LogP contribution >= 0.6 is 0 Å². The van der Waals surface area contributed by atoms with Gasteiger partial charge in [-0.1, -0.05) is 6.92 Å². The Morgan fingerprint density at radius 2 is 2.00 bits per heavy atom. The number of ketones is 1. The van der Waals surface area contributed by atoms with Gasteiger partial charge in [-0.25, -0.2) is 0 Å². The normalized spacial score (nSPS) is 18.2. The van der Waals surface area contributed by atoms with E-state index in [4.69, 9.17) is 0 Å². The lowest BCUT2D eigenvalue weighted by Gasteiger charge is -2.29. The highest BCUT2D eigenvalue weighted by molar-refractivity contribution is 6.00. The van der Waals surface area contributed by atoms with Gasteiger partial charge in [0.05, 0.1) is 11.1 Å². The standard InChI is InChI=1S/C15H19F3N2O2/c1-10(9-20-6-4-19-5-7-20)14(22)12-3-2-11(8-13(12)21)15(16,17)18/h2-3,8,10,19,21H,4-7,9H2,1H3. The van der Waals surface area contributed by atoms with Gasteiger partial charge in [0, 0.05) is 38.6 Å². The van der Waals surface area contributed by atoms with Gasteiger partial charge in [0.15, 0.2) is 5.78 Å². The van der Waals surface area contributed by atoms with Gasteiger partial charge in [-0.05, 0) is 18.2 Å². The second-order valence-corrected chi connectivity index (χ2v) is 5.55. The molecule has 0 saturated carbocycles. The van der Waals surface area contributed by atoms with E-state index in [2.05, 4.69) is 10.2 Å². The molecule has 1 aromatic rings. The molecule has 0 spiro atoms. The number of piperazine rings is 1. The van der Waals surface area contributed by atoms with Crippen molar-refractivity contribution in [1.29, 1.82) is 0 Å². The minimum absolute atomic E-state index is 0.0596. The lowest BCUT2D eigenvalue weighted by molar-refractivity contribution is -0.137. The van der Waals surface area contributed by atoms with E-state index in [1.807, 2.05) is 0 Å². The Morgan fingerprint density at radius 3 is 2.55 bits per heavy atom. The van der Waals surface area contributed by atoms with E-state index in [9.17, 15) is 23.1 Å². The monoisotopic (exact) mass is 316 g/mol. The van der Waals surface area contributed by atoms with Crippen molar-refractivity contribution in [3.05, 3.63) is 29.3 Å². The third-order valence-electron chi connectivity index (χ3n) is 3.78. The third-order valence-corrected chi connectivity index (χ3v) is 3.78. The summed E-state index contributed by atoms with van der Waals surface area (Å²) in [4.78, 5) is 14.4. The van der Waals surface area contributed by atoms with E-state index in [0.29, 0.717) is 12.6 Å². The van der Waals surface area contributed by atoms with Crippen LogP contribution in [0.4, 0.5) is 13.2 Å². The van der Waals surface area contributed by atoms with Crippen LogP contribution in [0.5, 0.6) is 5.75 Å². The minimum atomic E-state index is -4.54. The molecule has 1 aliphatic rings. The van der Waals surface area contributed by atoms with E-state index in [1.165, 1.54) is 0 Å². The fourth-order valence-corrected chi connectivity index (χ4v) is 2.55. The maximum Gasteiger partial charge on any atom is 0.416 e. The topological polar surface area (TPSA) is 52.6 Å². The van der Waals surface area contributed by atoms with Crippen LogP contribution in [-0.4, -0.2) is 48.5 Å². The zero-order valence-electron chi connectivity index (χ0n) is 12.3. The fourth-order valence-electron chi connectivity index (χ4n) is 2.55. The molecule has 22 heavy (non-hydrogen) atoms. The number of halogens is 3. The van der Waals surface area contributed by atoms with E-state index in [-0.39, 0.29) is 17.3 Å². The van der Waals surface area contributed by atoms with E-state index < -0.39 is 17.5 Å². The molecule has 1 atom stereocenters. The van der Waals surface area contributed by atoms with Crippen molar-refractivity contribution in [1.82, 2.24) is 10.2 Å². The van der Waals surface area contributed by atoms with Gasteiger partial charge in [-0.3, -0.25) is 4.79 Å². The Labute approximate surface area is 126 Å². The van der Waals surface area contributed by atoms with Crippen molar-refractivity contribution in [2.24, 2.45) is 5.92 Å². The van der Waals surface area contributed by atoms with Crippen molar-refractivity contribution < 1.29 is 23.1 Å². The van der Waals surface area contributed by atoms with Crippen LogP contribution in [0.2, 0.25) is 0 Å². The molecular formula is C15H19F3N2O2. The van der Waals surface area contributed by atoms with Crippen LogP contribution in [0.25, 0.3) is 0 Å². The molecule has 0 bridgehead atoms. The number of nitrogens with zero attached hydrogens (tertiary/aromatic N) is 1. The number of alkyl halides is 3.